The molecule has 1 aliphatic heterocycles. The minimum atomic E-state index is -0.635. The molecule has 0 aliphatic carbocycles. The van der Waals surface area contributed by atoms with Gasteiger partial charge in [-0.1, -0.05) is 42.5 Å². The van der Waals surface area contributed by atoms with E-state index in [-0.39, 0.29) is 6.04 Å². The Hall–Kier alpha value is -2.90. The van der Waals surface area contributed by atoms with Crippen LogP contribution >= 0.6 is 0 Å². The Morgan fingerprint density at radius 1 is 1.00 bits per heavy atom. The molecule has 0 radical (unpaired) electrons. The van der Waals surface area contributed by atoms with Gasteiger partial charge in [0.1, 0.15) is 5.75 Å². The number of nitrogens with one attached hydrogen (secondary N) is 2. The maximum absolute atomic E-state index is 12.3. The first kappa shape index (κ1) is 20.8. The van der Waals surface area contributed by atoms with E-state index < -0.39 is 11.8 Å². The van der Waals surface area contributed by atoms with E-state index in [1.165, 1.54) is 0 Å². The van der Waals surface area contributed by atoms with Crippen LogP contribution in [0.25, 0.3) is 0 Å². The van der Waals surface area contributed by atoms with Gasteiger partial charge in [0.15, 0.2) is 0 Å². The smallest absolute Gasteiger partial charge is 0.309 e. The molecule has 0 unspecified atom stereocenters. The summed E-state index contributed by atoms with van der Waals surface area (Å²) >= 11 is 0. The highest BCUT2D eigenvalue weighted by Crippen LogP contribution is 2.23. The molecule has 0 bridgehead atoms. The standard InChI is InChI=1S/C22H27N3O4/c1-28-19-9-7-18(8-10-19)20(25-11-13-29-14-12-25)16-24-22(27)21(26)23-15-17-5-3-2-4-6-17/h2-10,20H,11-16H2,1H3,(H,23,26)(H,24,27)/t20-/m1/s1. The van der Waals surface area contributed by atoms with Gasteiger partial charge in [0.2, 0.25) is 0 Å². The number of methoxy groups -OCH3 is 1. The predicted molar refractivity (Wildman–Crippen MR) is 109 cm³/mol. The van der Waals surface area contributed by atoms with Gasteiger partial charge >= 0.3 is 11.8 Å². The van der Waals surface area contributed by atoms with Gasteiger partial charge in [-0.2, -0.15) is 0 Å². The number of benzene rings is 2. The number of morpholine rings is 1. The van der Waals surface area contributed by atoms with Gasteiger partial charge in [-0.05, 0) is 23.3 Å². The molecule has 2 aromatic carbocycles. The molecule has 7 nitrogen and oxygen atoms in total. The van der Waals surface area contributed by atoms with Crippen LogP contribution in [0.3, 0.4) is 0 Å². The third-order valence-corrected chi connectivity index (χ3v) is 4.95. The first-order chi connectivity index (χ1) is 14.2. The fraction of sp³-hybridized carbons (Fsp3) is 0.364. The molecule has 0 aromatic heterocycles. The average Bonchev–Trinajstić information content (AvgIpc) is 2.79. The summed E-state index contributed by atoms with van der Waals surface area (Å²) in [6.07, 6.45) is 0. The summed E-state index contributed by atoms with van der Waals surface area (Å²) in [5.74, 6) is -0.490. The number of nitrogens with zero attached hydrogens (tertiary/aromatic N) is 1. The summed E-state index contributed by atoms with van der Waals surface area (Å²) in [7, 11) is 1.63. The van der Waals surface area contributed by atoms with Gasteiger partial charge in [-0.3, -0.25) is 14.5 Å². The van der Waals surface area contributed by atoms with Crippen molar-refractivity contribution in [3.63, 3.8) is 0 Å². The van der Waals surface area contributed by atoms with Crippen LogP contribution < -0.4 is 15.4 Å². The summed E-state index contributed by atoms with van der Waals surface area (Å²) < 4.78 is 10.7. The van der Waals surface area contributed by atoms with E-state index in [9.17, 15) is 9.59 Å². The summed E-state index contributed by atoms with van der Waals surface area (Å²) in [5, 5.41) is 5.43. The van der Waals surface area contributed by atoms with Crippen LogP contribution in [0.15, 0.2) is 54.6 Å². The van der Waals surface area contributed by atoms with Crippen molar-refractivity contribution < 1.29 is 19.1 Å². The Labute approximate surface area is 171 Å². The Bertz CT molecular complexity index is 789. The van der Waals surface area contributed by atoms with E-state index in [0.29, 0.717) is 26.3 Å². The number of rotatable bonds is 7. The lowest BCUT2D eigenvalue weighted by atomic mass is 10.0. The molecule has 29 heavy (non-hydrogen) atoms. The first-order valence-corrected chi connectivity index (χ1v) is 9.73. The Morgan fingerprint density at radius 3 is 2.31 bits per heavy atom. The number of hydrogen-bond donors (Lipinski definition) is 2. The Kier molecular flexibility index (Phi) is 7.61. The summed E-state index contributed by atoms with van der Waals surface area (Å²) in [6.45, 7) is 3.50. The molecular formula is C22H27N3O4. The van der Waals surface area contributed by atoms with Crippen LogP contribution in [0.1, 0.15) is 17.2 Å². The van der Waals surface area contributed by atoms with Crippen LogP contribution in [0, 0.1) is 0 Å². The molecule has 0 saturated carbocycles. The van der Waals surface area contributed by atoms with Crippen molar-refractivity contribution >= 4 is 11.8 Å². The maximum Gasteiger partial charge on any atom is 0.309 e. The monoisotopic (exact) mass is 397 g/mol. The fourth-order valence-electron chi connectivity index (χ4n) is 3.30. The second-order valence-electron chi connectivity index (χ2n) is 6.82. The van der Waals surface area contributed by atoms with Gasteiger partial charge < -0.3 is 20.1 Å². The summed E-state index contributed by atoms with van der Waals surface area (Å²) in [5.41, 5.74) is 2.00. The van der Waals surface area contributed by atoms with Crippen molar-refractivity contribution in [1.82, 2.24) is 15.5 Å². The zero-order chi connectivity index (χ0) is 20.5. The van der Waals surface area contributed by atoms with E-state index in [1.807, 2.05) is 54.6 Å². The third-order valence-electron chi connectivity index (χ3n) is 4.95. The summed E-state index contributed by atoms with van der Waals surface area (Å²) in [6, 6.07) is 17.2. The van der Waals surface area contributed by atoms with E-state index in [4.69, 9.17) is 9.47 Å². The van der Waals surface area contributed by atoms with Crippen molar-refractivity contribution in [2.45, 2.75) is 12.6 Å². The molecule has 1 fully saturated rings. The normalized spacial score (nSPS) is 15.3. The third kappa shape index (κ3) is 6.04. The highest BCUT2D eigenvalue weighted by Gasteiger charge is 2.24. The average molecular weight is 397 g/mol. The molecule has 2 N–H and O–H groups in total. The van der Waals surface area contributed by atoms with Crippen molar-refractivity contribution in [1.29, 1.82) is 0 Å². The molecule has 1 saturated heterocycles. The predicted octanol–water partition coefficient (Wildman–Crippen LogP) is 1.50. The maximum atomic E-state index is 12.3. The van der Waals surface area contributed by atoms with Crippen molar-refractivity contribution in [3.05, 3.63) is 65.7 Å². The molecule has 1 atom stereocenters. The quantitative estimate of drug-likeness (QED) is 0.693. The SMILES string of the molecule is COc1ccc([C@@H](CNC(=O)C(=O)NCc2ccccc2)N2CCOCC2)cc1. The topological polar surface area (TPSA) is 79.9 Å². The molecule has 1 aliphatic rings. The van der Waals surface area contributed by atoms with E-state index in [0.717, 1.165) is 30.0 Å². The zero-order valence-corrected chi connectivity index (χ0v) is 16.6. The molecule has 2 amide bonds. The number of hydrogen-bond acceptors (Lipinski definition) is 5. The number of carbonyl (C=O) groups is 2. The Balaban J connectivity index is 1.59. The largest absolute Gasteiger partial charge is 0.497 e. The van der Waals surface area contributed by atoms with Crippen molar-refractivity contribution in [2.75, 3.05) is 40.0 Å². The lowest BCUT2D eigenvalue weighted by molar-refractivity contribution is -0.139. The van der Waals surface area contributed by atoms with Crippen LogP contribution in [0.4, 0.5) is 0 Å². The van der Waals surface area contributed by atoms with Gasteiger partial charge in [0.25, 0.3) is 0 Å². The molecule has 154 valence electrons. The van der Waals surface area contributed by atoms with E-state index in [2.05, 4.69) is 15.5 Å². The Morgan fingerprint density at radius 2 is 1.66 bits per heavy atom. The molecule has 1 heterocycles. The van der Waals surface area contributed by atoms with E-state index >= 15 is 0 Å². The van der Waals surface area contributed by atoms with Gasteiger partial charge in [0, 0.05) is 26.2 Å². The minimum absolute atomic E-state index is 0.0457. The van der Waals surface area contributed by atoms with Crippen LogP contribution in [0.2, 0.25) is 0 Å². The molecule has 0 spiro atoms. The number of amides is 2. The van der Waals surface area contributed by atoms with Crippen LogP contribution in [0.5, 0.6) is 5.75 Å². The van der Waals surface area contributed by atoms with Crippen LogP contribution in [-0.2, 0) is 20.9 Å². The van der Waals surface area contributed by atoms with Gasteiger partial charge in [-0.15, -0.1) is 0 Å². The number of ether oxygens (including phenoxy) is 2. The minimum Gasteiger partial charge on any atom is -0.497 e. The molecule has 2 aromatic rings. The summed E-state index contributed by atoms with van der Waals surface area (Å²) in [4.78, 5) is 26.7. The molecule has 3 rings (SSSR count). The highest BCUT2D eigenvalue weighted by molar-refractivity contribution is 6.35. The van der Waals surface area contributed by atoms with Gasteiger partial charge in [0.05, 0.1) is 26.4 Å². The fourth-order valence-corrected chi connectivity index (χ4v) is 3.30. The van der Waals surface area contributed by atoms with Gasteiger partial charge in [-0.25, -0.2) is 0 Å². The van der Waals surface area contributed by atoms with Crippen molar-refractivity contribution in [2.24, 2.45) is 0 Å². The second kappa shape index (κ2) is 10.6. The first-order valence-electron chi connectivity index (χ1n) is 9.73. The van der Waals surface area contributed by atoms with Crippen molar-refractivity contribution in [3.8, 4) is 5.75 Å². The highest BCUT2D eigenvalue weighted by atomic mass is 16.5. The number of carbonyl (C=O) groups excluding carboxylic acids is 2. The molecule has 7 heteroatoms. The zero-order valence-electron chi connectivity index (χ0n) is 16.6. The lowest BCUT2D eigenvalue weighted by Crippen LogP contribution is -2.46. The second-order valence-corrected chi connectivity index (χ2v) is 6.82. The molecular weight excluding hydrogens is 370 g/mol. The lowest BCUT2D eigenvalue weighted by Gasteiger charge is -2.34. The van der Waals surface area contributed by atoms with E-state index in [1.54, 1.807) is 7.11 Å². The van der Waals surface area contributed by atoms with Crippen LogP contribution in [-0.4, -0.2) is 56.7 Å².